The molecule has 0 saturated heterocycles. The lowest BCUT2D eigenvalue weighted by molar-refractivity contribution is -0.117. The van der Waals surface area contributed by atoms with E-state index in [9.17, 15) is 9.90 Å². The minimum atomic E-state index is -0.0751. The summed E-state index contributed by atoms with van der Waals surface area (Å²) in [6.07, 6.45) is 0.425. The molecule has 1 heterocycles. The Morgan fingerprint density at radius 2 is 2.04 bits per heavy atom. The van der Waals surface area contributed by atoms with E-state index in [1.54, 1.807) is 22.9 Å². The average Bonchev–Trinajstić information content (AvgIpc) is 2.71. The van der Waals surface area contributed by atoms with E-state index in [2.05, 4.69) is 10.4 Å². The number of phenols is 1. The van der Waals surface area contributed by atoms with Crippen molar-refractivity contribution >= 4 is 23.3 Å². The molecule has 2 rings (SSSR count). The summed E-state index contributed by atoms with van der Waals surface area (Å²) in [7, 11) is 0. The monoisotopic (exact) mass is 335 g/mol. The quantitative estimate of drug-likeness (QED) is 0.888. The first kappa shape index (κ1) is 17.3. The van der Waals surface area contributed by atoms with E-state index in [4.69, 9.17) is 11.6 Å². The lowest BCUT2D eigenvalue weighted by Gasteiger charge is -2.16. The highest BCUT2D eigenvalue weighted by Gasteiger charge is 2.17. The summed E-state index contributed by atoms with van der Waals surface area (Å²) in [5.41, 5.74) is 1.49. The predicted molar refractivity (Wildman–Crippen MR) is 91.9 cm³/mol. The van der Waals surface area contributed by atoms with Crippen molar-refractivity contribution in [2.75, 3.05) is 5.32 Å². The van der Waals surface area contributed by atoms with Crippen LogP contribution in [0.1, 0.15) is 38.4 Å². The Bertz CT molecular complexity index is 717. The number of aryl methyl sites for hydroxylation is 1. The van der Waals surface area contributed by atoms with E-state index in [-0.39, 0.29) is 17.1 Å². The minimum Gasteiger partial charge on any atom is -0.508 e. The summed E-state index contributed by atoms with van der Waals surface area (Å²) >= 11 is 5.96. The fourth-order valence-corrected chi connectivity index (χ4v) is 2.44. The molecule has 0 spiro atoms. The number of hydrogen-bond donors (Lipinski definition) is 2. The first-order valence-corrected chi connectivity index (χ1v) is 7.83. The zero-order chi connectivity index (χ0) is 17.2. The smallest absolute Gasteiger partial charge is 0.226 e. The summed E-state index contributed by atoms with van der Waals surface area (Å²) < 4.78 is 1.72. The summed E-state index contributed by atoms with van der Waals surface area (Å²) in [6, 6.07) is 6.70. The number of aromatic nitrogens is 2. The van der Waals surface area contributed by atoms with Crippen LogP contribution in [-0.4, -0.2) is 20.8 Å². The Labute approximate surface area is 141 Å². The van der Waals surface area contributed by atoms with Gasteiger partial charge in [0.25, 0.3) is 0 Å². The maximum absolute atomic E-state index is 12.0. The van der Waals surface area contributed by atoms with Crippen LogP contribution in [0, 0.1) is 12.3 Å². The molecule has 0 aliphatic rings. The molecule has 0 unspecified atom stereocenters. The van der Waals surface area contributed by atoms with Crippen LogP contribution in [0.15, 0.2) is 24.3 Å². The second kappa shape index (κ2) is 6.62. The van der Waals surface area contributed by atoms with Crippen molar-refractivity contribution in [1.29, 1.82) is 0 Å². The van der Waals surface area contributed by atoms with E-state index < -0.39 is 0 Å². The van der Waals surface area contributed by atoms with Crippen LogP contribution in [0.25, 0.3) is 0 Å². The lowest BCUT2D eigenvalue weighted by Crippen LogP contribution is -2.20. The van der Waals surface area contributed by atoms with Gasteiger partial charge in [-0.05, 0) is 30.5 Å². The number of rotatable bonds is 4. The third-order valence-electron chi connectivity index (χ3n) is 3.30. The predicted octanol–water partition coefficient (Wildman–Crippen LogP) is 3.97. The topological polar surface area (TPSA) is 67.2 Å². The van der Waals surface area contributed by atoms with Crippen LogP contribution in [0.4, 0.5) is 5.82 Å². The maximum atomic E-state index is 12.0. The molecule has 0 atom stereocenters. The fraction of sp³-hybridized carbons (Fsp3) is 0.412. The van der Waals surface area contributed by atoms with Gasteiger partial charge in [0.1, 0.15) is 5.75 Å². The van der Waals surface area contributed by atoms with E-state index in [1.165, 1.54) is 0 Å². The molecule has 23 heavy (non-hydrogen) atoms. The van der Waals surface area contributed by atoms with Crippen molar-refractivity contribution in [3.05, 3.63) is 40.5 Å². The number of anilines is 1. The lowest BCUT2D eigenvalue weighted by atomic mass is 9.92. The third-order valence-corrected chi connectivity index (χ3v) is 3.54. The van der Waals surface area contributed by atoms with Gasteiger partial charge in [-0.15, -0.1) is 0 Å². The molecule has 5 nitrogen and oxygen atoms in total. The molecule has 1 aromatic heterocycles. The van der Waals surface area contributed by atoms with Crippen molar-refractivity contribution in [3.8, 4) is 5.75 Å². The van der Waals surface area contributed by atoms with E-state index >= 15 is 0 Å². The minimum absolute atomic E-state index is 0.0623. The van der Waals surface area contributed by atoms with Crippen molar-refractivity contribution in [2.24, 2.45) is 5.41 Å². The molecule has 1 aromatic carbocycles. The fourth-order valence-electron chi connectivity index (χ4n) is 2.24. The number of carbonyl (C=O) groups excluding carboxylic acids is 1. The molecule has 6 heteroatoms. The SMILES string of the molecule is Cc1cc(NC(=O)CC(C)(C)C)nn1Cc1cc(Cl)ccc1O. The molecule has 124 valence electrons. The van der Waals surface area contributed by atoms with E-state index in [1.807, 2.05) is 33.8 Å². The first-order chi connectivity index (χ1) is 10.6. The highest BCUT2D eigenvalue weighted by Crippen LogP contribution is 2.24. The molecule has 0 fully saturated rings. The van der Waals surface area contributed by atoms with Gasteiger partial charge in [-0.3, -0.25) is 9.48 Å². The van der Waals surface area contributed by atoms with Crippen LogP contribution in [0.3, 0.4) is 0 Å². The number of halogens is 1. The second-order valence-corrected chi connectivity index (χ2v) is 7.32. The standard InChI is InChI=1S/C17H22ClN3O2/c1-11-7-15(19-16(23)9-17(2,3)4)20-21(11)10-12-8-13(18)5-6-14(12)22/h5-8,22H,9-10H2,1-4H3,(H,19,20,23). The summed E-state index contributed by atoms with van der Waals surface area (Å²) in [6.45, 7) is 8.32. The number of amides is 1. The van der Waals surface area contributed by atoms with Gasteiger partial charge in [0.2, 0.25) is 5.91 Å². The molecule has 0 aliphatic carbocycles. The highest BCUT2D eigenvalue weighted by atomic mass is 35.5. The van der Waals surface area contributed by atoms with Crippen LogP contribution in [0.5, 0.6) is 5.75 Å². The Morgan fingerprint density at radius 1 is 1.35 bits per heavy atom. The molecule has 0 aliphatic heterocycles. The van der Waals surface area contributed by atoms with Crippen molar-refractivity contribution in [1.82, 2.24) is 9.78 Å². The molecular weight excluding hydrogens is 314 g/mol. The van der Waals surface area contributed by atoms with Crippen LogP contribution >= 0.6 is 11.6 Å². The summed E-state index contributed by atoms with van der Waals surface area (Å²) in [5.74, 6) is 0.619. The van der Waals surface area contributed by atoms with Gasteiger partial charge in [-0.25, -0.2) is 0 Å². The highest BCUT2D eigenvalue weighted by molar-refractivity contribution is 6.30. The normalized spacial score (nSPS) is 11.5. The molecule has 0 bridgehead atoms. The molecule has 0 saturated carbocycles. The van der Waals surface area contributed by atoms with Gasteiger partial charge in [-0.1, -0.05) is 32.4 Å². The molecule has 1 amide bonds. The van der Waals surface area contributed by atoms with Crippen molar-refractivity contribution < 1.29 is 9.90 Å². The zero-order valence-electron chi connectivity index (χ0n) is 13.9. The molecule has 2 N–H and O–H groups in total. The Balaban J connectivity index is 2.12. The van der Waals surface area contributed by atoms with Gasteiger partial charge in [-0.2, -0.15) is 5.10 Å². The zero-order valence-corrected chi connectivity index (χ0v) is 14.6. The number of carbonyl (C=O) groups is 1. The number of hydrogen-bond acceptors (Lipinski definition) is 3. The molecular formula is C17H22ClN3O2. The molecule has 2 aromatic rings. The first-order valence-electron chi connectivity index (χ1n) is 7.46. The maximum Gasteiger partial charge on any atom is 0.226 e. The average molecular weight is 336 g/mol. The van der Waals surface area contributed by atoms with Gasteiger partial charge in [0.15, 0.2) is 5.82 Å². The number of benzene rings is 1. The van der Waals surface area contributed by atoms with Crippen LogP contribution in [0.2, 0.25) is 5.02 Å². The third kappa shape index (κ3) is 4.99. The number of aromatic hydroxyl groups is 1. The van der Waals surface area contributed by atoms with Crippen LogP contribution < -0.4 is 5.32 Å². The number of phenolic OH excluding ortho intramolecular Hbond substituents is 1. The summed E-state index contributed by atoms with van der Waals surface area (Å²) in [5, 5.41) is 17.6. The van der Waals surface area contributed by atoms with Gasteiger partial charge < -0.3 is 10.4 Å². The summed E-state index contributed by atoms with van der Waals surface area (Å²) in [4.78, 5) is 12.0. The number of nitrogens with zero attached hydrogens (tertiary/aromatic N) is 2. The number of nitrogens with one attached hydrogen (secondary N) is 1. The van der Waals surface area contributed by atoms with E-state index in [0.717, 1.165) is 5.69 Å². The Morgan fingerprint density at radius 3 is 2.70 bits per heavy atom. The van der Waals surface area contributed by atoms with Gasteiger partial charge >= 0.3 is 0 Å². The second-order valence-electron chi connectivity index (χ2n) is 6.89. The largest absolute Gasteiger partial charge is 0.508 e. The van der Waals surface area contributed by atoms with Gasteiger partial charge in [0.05, 0.1) is 6.54 Å². The van der Waals surface area contributed by atoms with Crippen molar-refractivity contribution in [2.45, 2.75) is 40.7 Å². The molecule has 0 radical (unpaired) electrons. The Hall–Kier alpha value is -2.01. The van der Waals surface area contributed by atoms with Gasteiger partial charge in [0, 0.05) is 28.8 Å². The Kier molecular flexibility index (Phi) is 5.00. The van der Waals surface area contributed by atoms with E-state index in [0.29, 0.717) is 29.4 Å². The van der Waals surface area contributed by atoms with Crippen LogP contribution in [-0.2, 0) is 11.3 Å². The van der Waals surface area contributed by atoms with Crippen molar-refractivity contribution in [3.63, 3.8) is 0 Å².